The third-order valence-electron chi connectivity index (χ3n) is 7.85. The first-order chi connectivity index (χ1) is 23.5. The lowest BCUT2D eigenvalue weighted by molar-refractivity contribution is -0.147. The van der Waals surface area contributed by atoms with Crippen LogP contribution in [0.5, 0.6) is 0 Å². The summed E-state index contributed by atoms with van der Waals surface area (Å²) in [6, 6.07) is 0. The zero-order chi connectivity index (χ0) is 35.2. The SMILES string of the molecule is CC/C=C\C/C=C\C/C=C\C/C=C\C(CCCCCC(=O)NCC(=O)O)OC(=O)CCCCCCCCC/C=C\C/C=C\CCCCC. The molecule has 0 rings (SSSR count). The second-order valence-electron chi connectivity index (χ2n) is 12.4. The molecule has 1 atom stereocenters. The second-order valence-corrected chi connectivity index (χ2v) is 12.4. The number of carbonyl (C=O) groups excluding carboxylic acids is 2. The largest absolute Gasteiger partial charge is 0.480 e. The molecule has 0 fully saturated rings. The Morgan fingerprint density at radius 3 is 1.69 bits per heavy atom. The molecule has 0 aliphatic carbocycles. The van der Waals surface area contributed by atoms with Crippen LogP contribution in [0.2, 0.25) is 0 Å². The van der Waals surface area contributed by atoms with Crippen LogP contribution in [0.15, 0.2) is 72.9 Å². The van der Waals surface area contributed by atoms with Crippen molar-refractivity contribution in [3.8, 4) is 0 Å². The summed E-state index contributed by atoms with van der Waals surface area (Å²) >= 11 is 0. The van der Waals surface area contributed by atoms with Gasteiger partial charge in [0, 0.05) is 12.8 Å². The van der Waals surface area contributed by atoms with Crippen LogP contribution in [-0.4, -0.2) is 35.6 Å². The van der Waals surface area contributed by atoms with E-state index in [4.69, 9.17) is 9.84 Å². The summed E-state index contributed by atoms with van der Waals surface area (Å²) in [6.45, 7) is 4.03. The summed E-state index contributed by atoms with van der Waals surface area (Å²) in [7, 11) is 0. The van der Waals surface area contributed by atoms with Crippen molar-refractivity contribution < 1.29 is 24.2 Å². The average molecular weight is 668 g/mol. The van der Waals surface area contributed by atoms with Crippen molar-refractivity contribution in [2.45, 2.75) is 168 Å². The van der Waals surface area contributed by atoms with E-state index in [0.29, 0.717) is 25.7 Å². The number of carbonyl (C=O) groups is 3. The number of allylic oxidation sites excluding steroid dienone is 11. The van der Waals surface area contributed by atoms with Gasteiger partial charge in [-0.1, -0.05) is 132 Å². The molecule has 0 aromatic carbocycles. The maximum atomic E-state index is 12.6. The minimum Gasteiger partial charge on any atom is -0.480 e. The van der Waals surface area contributed by atoms with Crippen molar-refractivity contribution in [3.63, 3.8) is 0 Å². The number of aliphatic carboxylic acids is 1. The van der Waals surface area contributed by atoms with Crippen molar-refractivity contribution in [2.24, 2.45) is 0 Å². The first-order valence-corrected chi connectivity index (χ1v) is 19.1. The van der Waals surface area contributed by atoms with Crippen LogP contribution in [-0.2, 0) is 19.1 Å². The minimum atomic E-state index is -1.04. The molecule has 6 heteroatoms. The van der Waals surface area contributed by atoms with E-state index >= 15 is 0 Å². The zero-order valence-corrected chi connectivity index (χ0v) is 30.6. The van der Waals surface area contributed by atoms with Crippen molar-refractivity contribution in [1.82, 2.24) is 5.32 Å². The molecule has 0 aliphatic rings. The molecule has 0 aliphatic heterocycles. The van der Waals surface area contributed by atoms with Gasteiger partial charge in [0.05, 0.1) is 0 Å². The molecule has 0 heterocycles. The third kappa shape index (κ3) is 35.7. The second kappa shape index (κ2) is 36.7. The van der Waals surface area contributed by atoms with Gasteiger partial charge in [-0.25, -0.2) is 0 Å². The van der Waals surface area contributed by atoms with Gasteiger partial charge in [0.2, 0.25) is 5.91 Å². The Morgan fingerprint density at radius 2 is 1.08 bits per heavy atom. The molecule has 2 N–H and O–H groups in total. The number of nitrogens with one attached hydrogen (secondary N) is 1. The van der Waals surface area contributed by atoms with E-state index in [1.807, 2.05) is 6.08 Å². The molecule has 1 unspecified atom stereocenters. The Bertz CT molecular complexity index is 959. The molecule has 0 bridgehead atoms. The topological polar surface area (TPSA) is 92.7 Å². The fraction of sp³-hybridized carbons (Fsp3) is 0.643. The molecule has 0 saturated carbocycles. The summed E-state index contributed by atoms with van der Waals surface area (Å²) in [4.78, 5) is 35.0. The summed E-state index contributed by atoms with van der Waals surface area (Å²) in [6.07, 6.45) is 48.9. The normalized spacial score (nSPS) is 12.9. The minimum absolute atomic E-state index is 0.141. The van der Waals surface area contributed by atoms with Gasteiger partial charge in [-0.05, 0) is 89.5 Å². The van der Waals surface area contributed by atoms with Gasteiger partial charge in [0.1, 0.15) is 12.6 Å². The quantitative estimate of drug-likeness (QED) is 0.0413. The lowest BCUT2D eigenvalue weighted by Gasteiger charge is -2.14. The first-order valence-electron chi connectivity index (χ1n) is 19.1. The third-order valence-corrected chi connectivity index (χ3v) is 7.85. The molecule has 0 aromatic rings. The maximum absolute atomic E-state index is 12.6. The number of rotatable bonds is 33. The Balaban J connectivity index is 4.29. The predicted molar refractivity (Wildman–Crippen MR) is 203 cm³/mol. The van der Waals surface area contributed by atoms with E-state index in [1.165, 1.54) is 51.4 Å². The van der Waals surface area contributed by atoms with Gasteiger partial charge in [-0.2, -0.15) is 0 Å². The zero-order valence-electron chi connectivity index (χ0n) is 30.6. The van der Waals surface area contributed by atoms with Gasteiger partial charge in [0.25, 0.3) is 0 Å². The van der Waals surface area contributed by atoms with E-state index in [-0.39, 0.29) is 24.5 Å². The number of carboxylic acid groups (broad SMARTS) is 1. The number of amides is 1. The Kier molecular flexibility index (Phi) is 34.3. The van der Waals surface area contributed by atoms with Crippen molar-refractivity contribution in [2.75, 3.05) is 6.54 Å². The highest BCUT2D eigenvalue weighted by Gasteiger charge is 2.12. The number of carboxylic acids is 1. The van der Waals surface area contributed by atoms with E-state index in [9.17, 15) is 14.4 Å². The molecular formula is C42H69NO5. The van der Waals surface area contributed by atoms with Crippen LogP contribution >= 0.6 is 0 Å². The highest BCUT2D eigenvalue weighted by Crippen LogP contribution is 2.14. The Morgan fingerprint density at radius 1 is 0.583 bits per heavy atom. The molecule has 272 valence electrons. The molecule has 0 spiro atoms. The number of unbranched alkanes of at least 4 members (excludes halogenated alkanes) is 12. The number of ether oxygens (including phenoxy) is 1. The van der Waals surface area contributed by atoms with Crippen molar-refractivity contribution in [3.05, 3.63) is 72.9 Å². The van der Waals surface area contributed by atoms with E-state index in [1.54, 1.807) is 0 Å². The van der Waals surface area contributed by atoms with Gasteiger partial charge in [-0.15, -0.1) is 0 Å². The molecule has 0 aromatic heterocycles. The maximum Gasteiger partial charge on any atom is 0.322 e. The van der Waals surface area contributed by atoms with Crippen LogP contribution in [0, 0.1) is 0 Å². The predicted octanol–water partition coefficient (Wildman–Crippen LogP) is 11.4. The first kappa shape index (κ1) is 44.9. The fourth-order valence-electron chi connectivity index (χ4n) is 5.04. The van der Waals surface area contributed by atoms with Crippen LogP contribution < -0.4 is 5.32 Å². The Hall–Kier alpha value is -3.15. The van der Waals surface area contributed by atoms with Gasteiger partial charge in [-0.3, -0.25) is 14.4 Å². The van der Waals surface area contributed by atoms with Gasteiger partial charge >= 0.3 is 11.9 Å². The summed E-state index contributed by atoms with van der Waals surface area (Å²) in [5.41, 5.74) is 0. The lowest BCUT2D eigenvalue weighted by atomic mass is 10.1. The molecule has 0 saturated heterocycles. The van der Waals surface area contributed by atoms with Gasteiger partial charge < -0.3 is 15.2 Å². The molecule has 1 amide bonds. The highest BCUT2D eigenvalue weighted by molar-refractivity contribution is 5.80. The van der Waals surface area contributed by atoms with E-state index in [0.717, 1.165) is 70.6 Å². The number of esters is 1. The van der Waals surface area contributed by atoms with E-state index in [2.05, 4.69) is 86.0 Å². The van der Waals surface area contributed by atoms with Crippen LogP contribution in [0.3, 0.4) is 0 Å². The van der Waals surface area contributed by atoms with Gasteiger partial charge in [0.15, 0.2) is 0 Å². The molecule has 6 nitrogen and oxygen atoms in total. The molecule has 48 heavy (non-hydrogen) atoms. The highest BCUT2D eigenvalue weighted by atomic mass is 16.5. The average Bonchev–Trinajstić information content (AvgIpc) is 3.07. The van der Waals surface area contributed by atoms with E-state index < -0.39 is 5.97 Å². The summed E-state index contributed by atoms with van der Waals surface area (Å²) < 4.78 is 5.84. The Labute approximate surface area is 294 Å². The standard InChI is InChI=1S/C42H69NO5/c1-3-5-7-9-11-13-15-16-17-18-19-20-22-24-26-28-33-37-42(47)48-39(35-31-29-32-36-40(44)43-38-41(45)46)34-30-27-25-23-21-14-12-10-8-6-4-2/h6,8,11-14,16-17,23,25,30,34,39H,3-5,7,9-10,15,18-22,24,26-29,31-33,35-38H2,1-2H3,(H,43,44)(H,45,46)/b8-6-,13-11-,14-12-,17-16-,25-23-,34-30-. The molecule has 0 radical (unpaired) electrons. The fourth-order valence-corrected chi connectivity index (χ4v) is 5.04. The summed E-state index contributed by atoms with van der Waals surface area (Å²) in [5, 5.41) is 11.1. The van der Waals surface area contributed by atoms with Crippen LogP contribution in [0.4, 0.5) is 0 Å². The van der Waals surface area contributed by atoms with Crippen molar-refractivity contribution in [1.29, 1.82) is 0 Å². The van der Waals surface area contributed by atoms with Crippen LogP contribution in [0.25, 0.3) is 0 Å². The lowest BCUT2D eigenvalue weighted by Crippen LogP contribution is -2.28. The summed E-state index contributed by atoms with van der Waals surface area (Å²) in [5.74, 6) is -1.43. The number of hydrogen-bond acceptors (Lipinski definition) is 4. The van der Waals surface area contributed by atoms with Crippen molar-refractivity contribution >= 4 is 17.8 Å². The molecular weight excluding hydrogens is 598 g/mol. The monoisotopic (exact) mass is 668 g/mol. The smallest absolute Gasteiger partial charge is 0.322 e. The van der Waals surface area contributed by atoms with Crippen LogP contribution in [0.1, 0.15) is 162 Å². The number of hydrogen-bond donors (Lipinski definition) is 2.